The highest BCUT2D eigenvalue weighted by Crippen LogP contribution is 2.29. The summed E-state index contributed by atoms with van der Waals surface area (Å²) in [5.74, 6) is -2.06. The lowest BCUT2D eigenvalue weighted by Crippen LogP contribution is -2.58. The van der Waals surface area contributed by atoms with Crippen LogP contribution in [0.2, 0.25) is 0 Å². The van der Waals surface area contributed by atoms with Crippen molar-refractivity contribution in [2.24, 2.45) is 5.92 Å². The molecule has 1 heterocycles. The van der Waals surface area contributed by atoms with Crippen LogP contribution in [-0.2, 0) is 43.1 Å². The van der Waals surface area contributed by atoms with Gasteiger partial charge >= 0.3 is 18.2 Å². The molecule has 0 aliphatic carbocycles. The van der Waals surface area contributed by atoms with Crippen molar-refractivity contribution < 1.29 is 41.8 Å². The van der Waals surface area contributed by atoms with Gasteiger partial charge in [0, 0.05) is 13.0 Å². The summed E-state index contributed by atoms with van der Waals surface area (Å²) in [6.45, 7) is 8.94. The average Bonchev–Trinajstić information content (AvgIpc) is 3.47. The van der Waals surface area contributed by atoms with Gasteiger partial charge in [0.05, 0.1) is 5.56 Å². The number of alkyl halides is 3. The second kappa shape index (κ2) is 15.3. The van der Waals surface area contributed by atoms with E-state index in [0.29, 0.717) is 31.4 Å². The number of benzene rings is 2. The topological polar surface area (TPSA) is 114 Å². The van der Waals surface area contributed by atoms with Gasteiger partial charge in [0.15, 0.2) is 0 Å². The summed E-state index contributed by atoms with van der Waals surface area (Å²) >= 11 is 0. The van der Waals surface area contributed by atoms with Crippen molar-refractivity contribution in [2.45, 2.75) is 96.8 Å². The number of carbonyl (C=O) groups excluding carboxylic acids is 4. The van der Waals surface area contributed by atoms with Gasteiger partial charge in [-0.25, -0.2) is 9.59 Å². The van der Waals surface area contributed by atoms with Crippen molar-refractivity contribution in [2.75, 3.05) is 6.54 Å². The molecule has 12 heteroatoms. The van der Waals surface area contributed by atoms with E-state index in [1.54, 1.807) is 27.7 Å². The predicted molar refractivity (Wildman–Crippen MR) is 161 cm³/mol. The summed E-state index contributed by atoms with van der Waals surface area (Å²) in [7, 11) is 0. The van der Waals surface area contributed by atoms with Crippen LogP contribution in [0.15, 0.2) is 54.6 Å². The Morgan fingerprint density at radius 1 is 0.956 bits per heavy atom. The first-order valence-corrected chi connectivity index (χ1v) is 15.1. The van der Waals surface area contributed by atoms with Gasteiger partial charge in [-0.15, -0.1) is 0 Å². The Kier molecular flexibility index (Phi) is 12.0. The largest absolute Gasteiger partial charge is 0.459 e. The van der Waals surface area contributed by atoms with E-state index in [1.807, 2.05) is 37.3 Å². The maximum absolute atomic E-state index is 13.9. The second-order valence-corrected chi connectivity index (χ2v) is 12.3. The lowest BCUT2D eigenvalue weighted by Gasteiger charge is -2.32. The standard InChI is InChI=1S/C33H42F3N3O6/c1-6-21(2)27(29(41)39-18-10-13-26(39)30(42)44-20-23-11-8-7-9-12-23)38-28(40)25(37-31(43)45-32(3,4)5)19-22-14-16-24(17-15-22)33(34,35)36/h7-9,11-12,14-17,21,25-27H,6,10,13,18-20H2,1-5H3,(H,37,43)(H,38,40)/t21-,25-,26-,27+/m1/s1. The quantitative estimate of drug-likeness (QED) is 0.320. The molecule has 0 radical (unpaired) electrons. The van der Waals surface area contributed by atoms with E-state index < -0.39 is 59.3 Å². The van der Waals surface area contributed by atoms with Crippen LogP contribution in [0.3, 0.4) is 0 Å². The molecular formula is C33H42F3N3O6. The molecule has 0 spiro atoms. The number of amides is 3. The summed E-state index contributed by atoms with van der Waals surface area (Å²) in [5.41, 5.74) is -0.569. The van der Waals surface area contributed by atoms with Gasteiger partial charge in [0.1, 0.15) is 30.3 Å². The molecule has 0 bridgehead atoms. The number of halogens is 3. The van der Waals surface area contributed by atoms with E-state index in [-0.39, 0.29) is 18.9 Å². The molecular weight excluding hydrogens is 591 g/mol. The Morgan fingerprint density at radius 3 is 2.18 bits per heavy atom. The number of esters is 1. The molecule has 1 saturated heterocycles. The predicted octanol–water partition coefficient (Wildman–Crippen LogP) is 5.41. The van der Waals surface area contributed by atoms with E-state index >= 15 is 0 Å². The molecule has 2 aromatic carbocycles. The van der Waals surface area contributed by atoms with Gasteiger partial charge in [-0.1, -0.05) is 62.7 Å². The van der Waals surface area contributed by atoms with Gasteiger partial charge in [-0.2, -0.15) is 13.2 Å². The SMILES string of the molecule is CC[C@@H](C)[C@H](NC(=O)[C@@H](Cc1ccc(C(F)(F)F)cc1)NC(=O)OC(C)(C)C)C(=O)N1CCC[C@@H]1C(=O)OCc1ccccc1. The highest BCUT2D eigenvalue weighted by Gasteiger charge is 2.41. The molecule has 9 nitrogen and oxygen atoms in total. The maximum atomic E-state index is 13.9. The van der Waals surface area contributed by atoms with Crippen LogP contribution in [0.1, 0.15) is 70.6 Å². The summed E-state index contributed by atoms with van der Waals surface area (Å²) in [6, 6.07) is 10.3. The van der Waals surface area contributed by atoms with Crippen molar-refractivity contribution >= 4 is 23.9 Å². The molecule has 45 heavy (non-hydrogen) atoms. The van der Waals surface area contributed by atoms with Gasteiger partial charge in [-0.05, 0) is 62.8 Å². The minimum atomic E-state index is -4.53. The zero-order chi connectivity index (χ0) is 33.4. The average molecular weight is 634 g/mol. The molecule has 246 valence electrons. The molecule has 2 aromatic rings. The minimum absolute atomic E-state index is 0.0612. The summed E-state index contributed by atoms with van der Waals surface area (Å²) in [6.07, 6.45) is -4.09. The lowest BCUT2D eigenvalue weighted by molar-refractivity contribution is -0.155. The maximum Gasteiger partial charge on any atom is 0.416 e. The van der Waals surface area contributed by atoms with Gasteiger partial charge in [-0.3, -0.25) is 9.59 Å². The van der Waals surface area contributed by atoms with Crippen LogP contribution in [0.25, 0.3) is 0 Å². The fourth-order valence-corrected chi connectivity index (χ4v) is 4.94. The van der Waals surface area contributed by atoms with Gasteiger partial charge < -0.3 is 25.0 Å². The number of carbonyl (C=O) groups is 4. The van der Waals surface area contributed by atoms with Crippen LogP contribution in [0.4, 0.5) is 18.0 Å². The Hall–Kier alpha value is -4.09. The molecule has 4 atom stereocenters. The minimum Gasteiger partial charge on any atom is -0.459 e. The first-order chi connectivity index (χ1) is 21.1. The first kappa shape index (κ1) is 35.4. The van der Waals surface area contributed by atoms with E-state index in [2.05, 4.69) is 10.6 Å². The Morgan fingerprint density at radius 2 is 1.60 bits per heavy atom. The fraction of sp³-hybridized carbons (Fsp3) is 0.515. The smallest absolute Gasteiger partial charge is 0.416 e. The number of alkyl carbamates (subject to hydrolysis) is 1. The summed E-state index contributed by atoms with van der Waals surface area (Å²) < 4.78 is 50.1. The third-order valence-corrected chi connectivity index (χ3v) is 7.54. The van der Waals surface area contributed by atoms with Crippen LogP contribution < -0.4 is 10.6 Å². The molecule has 0 unspecified atom stereocenters. The Bertz CT molecular complexity index is 1310. The van der Waals surface area contributed by atoms with Crippen molar-refractivity contribution in [1.82, 2.24) is 15.5 Å². The molecule has 3 amide bonds. The molecule has 2 N–H and O–H groups in total. The van der Waals surface area contributed by atoms with Crippen LogP contribution in [0, 0.1) is 5.92 Å². The van der Waals surface area contributed by atoms with E-state index in [1.165, 1.54) is 17.0 Å². The normalized spacial score (nSPS) is 17.2. The number of likely N-dealkylation sites (tertiary alicyclic amines) is 1. The van der Waals surface area contributed by atoms with Crippen LogP contribution in [-0.4, -0.2) is 59.0 Å². The zero-order valence-corrected chi connectivity index (χ0v) is 26.3. The number of ether oxygens (including phenoxy) is 2. The number of hydrogen-bond acceptors (Lipinski definition) is 6. The number of hydrogen-bond donors (Lipinski definition) is 2. The highest BCUT2D eigenvalue weighted by atomic mass is 19.4. The third-order valence-electron chi connectivity index (χ3n) is 7.54. The molecule has 0 saturated carbocycles. The van der Waals surface area contributed by atoms with E-state index in [0.717, 1.165) is 17.7 Å². The van der Waals surface area contributed by atoms with Crippen LogP contribution >= 0.6 is 0 Å². The Balaban J connectivity index is 1.79. The zero-order valence-electron chi connectivity index (χ0n) is 26.3. The molecule has 0 aromatic heterocycles. The number of rotatable bonds is 11. The summed E-state index contributed by atoms with van der Waals surface area (Å²) in [5, 5.41) is 5.26. The van der Waals surface area contributed by atoms with E-state index in [4.69, 9.17) is 9.47 Å². The third kappa shape index (κ3) is 10.5. The molecule has 1 fully saturated rings. The van der Waals surface area contributed by atoms with Gasteiger partial charge in [0.2, 0.25) is 11.8 Å². The molecule has 3 rings (SSSR count). The first-order valence-electron chi connectivity index (χ1n) is 15.1. The molecule has 1 aliphatic heterocycles. The van der Waals surface area contributed by atoms with E-state index in [9.17, 15) is 32.3 Å². The highest BCUT2D eigenvalue weighted by molar-refractivity contribution is 5.93. The molecule has 1 aliphatic rings. The number of nitrogens with zero attached hydrogens (tertiary/aromatic N) is 1. The second-order valence-electron chi connectivity index (χ2n) is 12.3. The van der Waals surface area contributed by atoms with Crippen molar-refractivity contribution in [3.63, 3.8) is 0 Å². The van der Waals surface area contributed by atoms with Gasteiger partial charge in [0.25, 0.3) is 0 Å². The monoisotopic (exact) mass is 633 g/mol. The lowest BCUT2D eigenvalue weighted by atomic mass is 9.96. The Labute approximate surface area is 261 Å². The van der Waals surface area contributed by atoms with Crippen molar-refractivity contribution in [1.29, 1.82) is 0 Å². The van der Waals surface area contributed by atoms with Crippen molar-refractivity contribution in [3.05, 3.63) is 71.3 Å². The summed E-state index contributed by atoms with van der Waals surface area (Å²) in [4.78, 5) is 54.7. The fourth-order valence-electron chi connectivity index (χ4n) is 4.94. The number of nitrogens with one attached hydrogen (secondary N) is 2. The van der Waals surface area contributed by atoms with Crippen molar-refractivity contribution in [3.8, 4) is 0 Å². The van der Waals surface area contributed by atoms with Crippen LogP contribution in [0.5, 0.6) is 0 Å².